The maximum atomic E-state index is 13.5. The average Bonchev–Trinajstić information content (AvgIpc) is 2.41. The molecule has 1 aliphatic heterocycles. The van der Waals surface area contributed by atoms with Gasteiger partial charge in [0.05, 0.1) is 19.8 Å². The van der Waals surface area contributed by atoms with Crippen molar-refractivity contribution in [2.24, 2.45) is 0 Å². The molecule has 106 valence electrons. The first kappa shape index (κ1) is 14.7. The average molecular weight is 289 g/mol. The third-order valence-electron chi connectivity index (χ3n) is 3.03. The van der Waals surface area contributed by atoms with Gasteiger partial charge in [0.15, 0.2) is 6.29 Å². The molecule has 1 aromatic carbocycles. The third kappa shape index (κ3) is 4.14. The zero-order chi connectivity index (χ0) is 13.7. The smallest absolute Gasteiger partial charge is 0.159 e. The summed E-state index contributed by atoms with van der Waals surface area (Å²) >= 11 is 5.63. The molecule has 5 heteroatoms. The van der Waals surface area contributed by atoms with Crippen molar-refractivity contribution in [3.63, 3.8) is 0 Å². The molecule has 3 nitrogen and oxygen atoms in total. The van der Waals surface area contributed by atoms with E-state index in [1.165, 1.54) is 6.07 Å². The van der Waals surface area contributed by atoms with Crippen LogP contribution in [-0.4, -0.2) is 31.0 Å². The van der Waals surface area contributed by atoms with Crippen LogP contribution in [0.3, 0.4) is 0 Å². The van der Waals surface area contributed by atoms with Crippen molar-refractivity contribution < 1.29 is 18.6 Å². The van der Waals surface area contributed by atoms with E-state index in [4.69, 9.17) is 25.8 Å². The number of benzene rings is 1. The molecule has 0 N–H and O–H groups in total. The molecule has 1 aliphatic rings. The second kappa shape index (κ2) is 6.66. The fourth-order valence-electron chi connectivity index (χ4n) is 1.83. The highest BCUT2D eigenvalue weighted by Gasteiger charge is 2.33. The Morgan fingerprint density at radius 3 is 2.68 bits per heavy atom. The van der Waals surface area contributed by atoms with Crippen LogP contribution in [0.4, 0.5) is 4.39 Å². The molecule has 1 saturated heterocycles. The SMILES string of the molecule is CC1(OCc2ccccc2F)COC(CCCl)OC1. The van der Waals surface area contributed by atoms with Crippen LogP contribution in [0.25, 0.3) is 0 Å². The number of alkyl halides is 1. The fraction of sp³-hybridized carbons (Fsp3) is 0.571. The summed E-state index contributed by atoms with van der Waals surface area (Å²) in [5, 5.41) is 0. The molecule has 0 aromatic heterocycles. The molecule has 0 bridgehead atoms. The lowest BCUT2D eigenvalue weighted by molar-refractivity contribution is -0.263. The summed E-state index contributed by atoms with van der Waals surface area (Å²) < 4.78 is 30.3. The van der Waals surface area contributed by atoms with Crippen molar-refractivity contribution in [1.29, 1.82) is 0 Å². The van der Waals surface area contributed by atoms with Crippen LogP contribution in [0.1, 0.15) is 18.9 Å². The predicted octanol–water partition coefficient (Wildman–Crippen LogP) is 3.10. The zero-order valence-electron chi connectivity index (χ0n) is 10.9. The molecule has 0 unspecified atom stereocenters. The highest BCUT2D eigenvalue weighted by Crippen LogP contribution is 2.23. The molecule has 1 fully saturated rings. The van der Waals surface area contributed by atoms with Gasteiger partial charge in [0.1, 0.15) is 11.4 Å². The van der Waals surface area contributed by atoms with Crippen LogP contribution in [0, 0.1) is 5.82 Å². The molecule has 2 rings (SSSR count). The van der Waals surface area contributed by atoms with E-state index in [1.54, 1.807) is 18.2 Å². The van der Waals surface area contributed by atoms with Crippen LogP contribution in [0.2, 0.25) is 0 Å². The number of halogens is 2. The summed E-state index contributed by atoms with van der Waals surface area (Å²) in [6, 6.07) is 6.57. The number of rotatable bonds is 5. The van der Waals surface area contributed by atoms with Crippen molar-refractivity contribution >= 4 is 11.6 Å². The molecular weight excluding hydrogens is 271 g/mol. The van der Waals surface area contributed by atoms with Gasteiger partial charge in [-0.05, 0) is 13.0 Å². The molecule has 0 atom stereocenters. The number of hydrogen-bond acceptors (Lipinski definition) is 3. The molecule has 0 saturated carbocycles. The lowest BCUT2D eigenvalue weighted by atomic mass is 10.1. The van der Waals surface area contributed by atoms with Gasteiger partial charge in [-0.25, -0.2) is 4.39 Å². The standard InChI is InChI=1S/C14H18ClFO3/c1-14(9-17-13(6-7-15)18-10-14)19-8-11-4-2-3-5-12(11)16/h2-5,13H,6-10H2,1H3. The Hall–Kier alpha value is -0.680. The quantitative estimate of drug-likeness (QED) is 0.779. The zero-order valence-corrected chi connectivity index (χ0v) is 11.7. The Morgan fingerprint density at radius 2 is 2.05 bits per heavy atom. The van der Waals surface area contributed by atoms with Crippen molar-refractivity contribution in [2.75, 3.05) is 19.1 Å². The van der Waals surface area contributed by atoms with Gasteiger partial charge in [-0.15, -0.1) is 11.6 Å². The lowest BCUT2D eigenvalue weighted by Gasteiger charge is -2.37. The normalized spacial score (nSPS) is 27.4. The van der Waals surface area contributed by atoms with E-state index in [0.717, 1.165) is 0 Å². The molecule has 0 amide bonds. The third-order valence-corrected chi connectivity index (χ3v) is 3.25. The van der Waals surface area contributed by atoms with Gasteiger partial charge >= 0.3 is 0 Å². The number of hydrogen-bond donors (Lipinski definition) is 0. The van der Waals surface area contributed by atoms with Crippen molar-refractivity contribution in [2.45, 2.75) is 31.8 Å². The van der Waals surface area contributed by atoms with E-state index in [9.17, 15) is 4.39 Å². The molecule has 19 heavy (non-hydrogen) atoms. The first-order valence-corrected chi connectivity index (χ1v) is 6.83. The largest absolute Gasteiger partial charge is 0.366 e. The van der Waals surface area contributed by atoms with Crippen molar-refractivity contribution in [1.82, 2.24) is 0 Å². The Morgan fingerprint density at radius 1 is 1.37 bits per heavy atom. The van der Waals surface area contributed by atoms with Gasteiger partial charge in [0.25, 0.3) is 0 Å². The van der Waals surface area contributed by atoms with Gasteiger partial charge < -0.3 is 14.2 Å². The predicted molar refractivity (Wildman–Crippen MR) is 70.6 cm³/mol. The van der Waals surface area contributed by atoms with E-state index in [-0.39, 0.29) is 18.7 Å². The van der Waals surface area contributed by atoms with Crippen LogP contribution >= 0.6 is 11.6 Å². The van der Waals surface area contributed by atoms with Crippen molar-refractivity contribution in [3.8, 4) is 0 Å². The summed E-state index contributed by atoms with van der Waals surface area (Å²) in [4.78, 5) is 0. The highest BCUT2D eigenvalue weighted by atomic mass is 35.5. The molecule has 0 aliphatic carbocycles. The highest BCUT2D eigenvalue weighted by molar-refractivity contribution is 6.17. The fourth-order valence-corrected chi connectivity index (χ4v) is 2.01. The van der Waals surface area contributed by atoms with Gasteiger partial charge in [-0.2, -0.15) is 0 Å². The minimum Gasteiger partial charge on any atom is -0.366 e. The van der Waals surface area contributed by atoms with Gasteiger partial charge in [0.2, 0.25) is 0 Å². The minimum absolute atomic E-state index is 0.204. The lowest BCUT2D eigenvalue weighted by Crippen LogP contribution is -2.47. The van der Waals surface area contributed by atoms with Crippen LogP contribution < -0.4 is 0 Å². The number of ether oxygens (including phenoxy) is 3. The Kier molecular flexibility index (Phi) is 5.16. The summed E-state index contributed by atoms with van der Waals surface area (Å²) in [5.74, 6) is 0.237. The van der Waals surface area contributed by atoms with E-state index in [0.29, 0.717) is 31.1 Å². The van der Waals surface area contributed by atoms with Crippen LogP contribution in [-0.2, 0) is 20.8 Å². The first-order valence-electron chi connectivity index (χ1n) is 6.29. The maximum Gasteiger partial charge on any atom is 0.159 e. The summed E-state index contributed by atoms with van der Waals surface area (Å²) in [5.41, 5.74) is -0.0166. The Labute approximate surface area is 117 Å². The molecule has 1 heterocycles. The van der Waals surface area contributed by atoms with E-state index in [1.807, 2.05) is 6.92 Å². The van der Waals surface area contributed by atoms with Gasteiger partial charge in [0, 0.05) is 17.9 Å². The molecular formula is C14H18ClFO3. The molecule has 0 radical (unpaired) electrons. The molecule has 0 spiro atoms. The second-order valence-electron chi connectivity index (χ2n) is 4.86. The Balaban J connectivity index is 1.84. The summed E-state index contributed by atoms with van der Waals surface area (Å²) in [7, 11) is 0. The Bertz CT molecular complexity index is 405. The second-order valence-corrected chi connectivity index (χ2v) is 5.24. The first-order chi connectivity index (χ1) is 9.13. The van der Waals surface area contributed by atoms with E-state index in [2.05, 4.69) is 0 Å². The van der Waals surface area contributed by atoms with Crippen LogP contribution in [0.15, 0.2) is 24.3 Å². The van der Waals surface area contributed by atoms with E-state index < -0.39 is 5.60 Å². The van der Waals surface area contributed by atoms with Gasteiger partial charge in [-0.1, -0.05) is 18.2 Å². The minimum atomic E-state index is -0.551. The van der Waals surface area contributed by atoms with Crippen LogP contribution in [0.5, 0.6) is 0 Å². The monoisotopic (exact) mass is 288 g/mol. The summed E-state index contributed by atoms with van der Waals surface area (Å²) in [6.45, 7) is 2.94. The maximum absolute atomic E-state index is 13.5. The van der Waals surface area contributed by atoms with Crippen molar-refractivity contribution in [3.05, 3.63) is 35.6 Å². The van der Waals surface area contributed by atoms with E-state index >= 15 is 0 Å². The summed E-state index contributed by atoms with van der Waals surface area (Å²) in [6.07, 6.45) is 0.396. The molecule has 1 aromatic rings. The van der Waals surface area contributed by atoms with Gasteiger partial charge in [-0.3, -0.25) is 0 Å². The topological polar surface area (TPSA) is 27.7 Å².